The third-order valence-corrected chi connectivity index (χ3v) is 0.934. The van der Waals surface area contributed by atoms with Crippen molar-refractivity contribution in [1.82, 2.24) is 5.01 Å². The molecule has 1 aliphatic heterocycles. The van der Waals surface area contributed by atoms with Gasteiger partial charge in [0.2, 0.25) is 0 Å². The molecule has 0 saturated heterocycles. The topological polar surface area (TPSA) is 71.0 Å². The summed E-state index contributed by atoms with van der Waals surface area (Å²) in [5.74, 6) is 5.12. The Bertz CT molecular complexity index is 142. The first kappa shape index (κ1) is 5.17. The zero-order valence-corrected chi connectivity index (χ0v) is 4.40. The summed E-state index contributed by atoms with van der Waals surface area (Å²) in [6, 6.07) is -0.475. The van der Waals surface area contributed by atoms with Crippen LogP contribution in [0.1, 0.15) is 6.92 Å². The van der Waals surface area contributed by atoms with Crippen LogP contribution in [0.15, 0.2) is 10.2 Å². The predicted molar refractivity (Wildman–Crippen MR) is 25.7 cm³/mol. The second-order valence-corrected chi connectivity index (χ2v) is 1.54. The molecule has 0 fully saturated rings. The number of hydrogen-bond acceptors (Lipinski definition) is 3. The quantitative estimate of drug-likeness (QED) is 0.358. The highest BCUT2D eigenvalue weighted by Crippen LogP contribution is 2.05. The first-order chi connectivity index (χ1) is 3.72. The number of rotatable bonds is 0. The number of nitrogens with zero attached hydrogens (tertiary/aromatic N) is 3. The highest BCUT2D eigenvalue weighted by atomic mass is 16.2. The molecule has 5 heteroatoms. The zero-order chi connectivity index (χ0) is 6.15. The minimum absolute atomic E-state index is 0.289. The monoisotopic (exact) mass is 114 g/mol. The van der Waals surface area contributed by atoms with Gasteiger partial charge in [-0.15, -0.1) is 0 Å². The minimum Gasteiger partial charge on any atom is -0.243 e. The Balaban J connectivity index is 2.69. The average molecular weight is 114 g/mol. The van der Waals surface area contributed by atoms with Gasteiger partial charge in [0.05, 0.1) is 0 Å². The summed E-state index contributed by atoms with van der Waals surface area (Å²) in [5.41, 5.74) is 0. The minimum atomic E-state index is -0.475. The number of hydrazine groups is 1. The summed E-state index contributed by atoms with van der Waals surface area (Å²) < 4.78 is 0. The summed E-state index contributed by atoms with van der Waals surface area (Å²) in [6.45, 7) is 1.69. The molecule has 1 heterocycles. The first-order valence-corrected chi connectivity index (χ1v) is 2.20. The molecule has 0 aromatic carbocycles. The van der Waals surface area contributed by atoms with Crippen molar-refractivity contribution >= 4 is 6.03 Å². The van der Waals surface area contributed by atoms with Crippen LogP contribution >= 0.6 is 0 Å². The molecule has 5 nitrogen and oxygen atoms in total. The van der Waals surface area contributed by atoms with E-state index in [1.54, 1.807) is 6.92 Å². The molecule has 0 aromatic rings. The van der Waals surface area contributed by atoms with Crippen molar-refractivity contribution in [3.05, 3.63) is 0 Å². The van der Waals surface area contributed by atoms with Gasteiger partial charge >= 0.3 is 6.03 Å². The van der Waals surface area contributed by atoms with Crippen molar-refractivity contribution in [1.29, 1.82) is 0 Å². The zero-order valence-electron chi connectivity index (χ0n) is 4.40. The van der Waals surface area contributed by atoms with E-state index in [1.165, 1.54) is 0 Å². The second-order valence-electron chi connectivity index (χ2n) is 1.54. The maximum absolute atomic E-state index is 10.3. The lowest BCUT2D eigenvalue weighted by Gasteiger charge is -2.07. The van der Waals surface area contributed by atoms with E-state index in [0.717, 1.165) is 5.01 Å². The molecular formula is C3H6N4O. The Morgan fingerprint density at radius 1 is 1.88 bits per heavy atom. The van der Waals surface area contributed by atoms with E-state index in [0.29, 0.717) is 0 Å². The molecule has 1 unspecified atom stereocenters. The average Bonchev–Trinajstić information content (AvgIpc) is 1.98. The highest BCUT2D eigenvalue weighted by Gasteiger charge is 2.20. The summed E-state index contributed by atoms with van der Waals surface area (Å²) in [5, 5.41) is 7.63. The van der Waals surface area contributed by atoms with Gasteiger partial charge < -0.3 is 0 Å². The molecule has 1 atom stereocenters. The van der Waals surface area contributed by atoms with E-state index in [9.17, 15) is 4.79 Å². The number of urea groups is 1. The van der Waals surface area contributed by atoms with Crippen molar-refractivity contribution in [2.45, 2.75) is 13.1 Å². The number of carbonyl (C=O) groups is 1. The molecule has 0 spiro atoms. The van der Waals surface area contributed by atoms with E-state index in [2.05, 4.69) is 10.2 Å². The predicted octanol–water partition coefficient (Wildman–Crippen LogP) is 0.0939. The molecule has 1 rings (SSSR count). The van der Waals surface area contributed by atoms with Gasteiger partial charge in [-0.05, 0) is 6.92 Å². The fourth-order valence-corrected chi connectivity index (χ4v) is 0.400. The van der Waals surface area contributed by atoms with Gasteiger partial charge in [0.15, 0.2) is 6.17 Å². The maximum atomic E-state index is 10.3. The highest BCUT2D eigenvalue weighted by molar-refractivity contribution is 5.75. The SMILES string of the molecule is CC1N=NC(=O)N1N. The van der Waals surface area contributed by atoms with Crippen molar-refractivity contribution in [3.63, 3.8) is 0 Å². The second kappa shape index (κ2) is 1.52. The summed E-state index contributed by atoms with van der Waals surface area (Å²) in [4.78, 5) is 10.3. The molecule has 0 saturated carbocycles. The molecule has 44 valence electrons. The molecule has 0 bridgehead atoms. The van der Waals surface area contributed by atoms with Gasteiger partial charge in [-0.1, -0.05) is 5.11 Å². The molecule has 8 heavy (non-hydrogen) atoms. The van der Waals surface area contributed by atoms with Gasteiger partial charge in [-0.25, -0.2) is 15.6 Å². The van der Waals surface area contributed by atoms with Crippen LogP contribution in [0.3, 0.4) is 0 Å². The molecule has 0 radical (unpaired) electrons. The Morgan fingerprint density at radius 2 is 2.50 bits per heavy atom. The van der Waals surface area contributed by atoms with Crippen LogP contribution in [0, 0.1) is 0 Å². The largest absolute Gasteiger partial charge is 0.378 e. The Morgan fingerprint density at radius 3 is 2.62 bits per heavy atom. The third-order valence-electron chi connectivity index (χ3n) is 0.934. The third kappa shape index (κ3) is 0.564. The van der Waals surface area contributed by atoms with E-state index >= 15 is 0 Å². The molecule has 1 aliphatic rings. The Hall–Kier alpha value is -0.970. The molecule has 2 N–H and O–H groups in total. The van der Waals surface area contributed by atoms with Crippen molar-refractivity contribution in [2.24, 2.45) is 16.1 Å². The maximum Gasteiger partial charge on any atom is 0.378 e. The Kier molecular flexibility index (Phi) is 0.980. The van der Waals surface area contributed by atoms with E-state index in [4.69, 9.17) is 5.84 Å². The van der Waals surface area contributed by atoms with Gasteiger partial charge in [-0.3, -0.25) is 0 Å². The number of amides is 2. The fourth-order valence-electron chi connectivity index (χ4n) is 0.400. The Labute approximate surface area is 46.1 Å². The first-order valence-electron chi connectivity index (χ1n) is 2.20. The van der Waals surface area contributed by atoms with Crippen LogP contribution < -0.4 is 5.84 Å². The van der Waals surface area contributed by atoms with E-state index < -0.39 is 6.03 Å². The van der Waals surface area contributed by atoms with E-state index in [-0.39, 0.29) is 6.17 Å². The number of hydrogen-bond donors (Lipinski definition) is 1. The molecular weight excluding hydrogens is 108 g/mol. The van der Waals surface area contributed by atoms with Gasteiger partial charge in [0.25, 0.3) is 0 Å². The van der Waals surface area contributed by atoms with Crippen molar-refractivity contribution in [3.8, 4) is 0 Å². The van der Waals surface area contributed by atoms with Crippen LogP contribution in [-0.2, 0) is 0 Å². The van der Waals surface area contributed by atoms with Crippen molar-refractivity contribution in [2.75, 3.05) is 0 Å². The molecule has 0 aromatic heterocycles. The standard InChI is InChI=1S/C3H6N4O/c1-2-5-6-3(8)7(2)4/h2H,4H2,1H3. The molecule has 2 amide bonds. The lowest BCUT2D eigenvalue weighted by molar-refractivity contribution is 0.206. The smallest absolute Gasteiger partial charge is 0.243 e. The van der Waals surface area contributed by atoms with Crippen LogP contribution in [-0.4, -0.2) is 17.2 Å². The van der Waals surface area contributed by atoms with Crippen LogP contribution in [0.2, 0.25) is 0 Å². The lowest BCUT2D eigenvalue weighted by atomic mass is 10.6. The number of azo groups is 1. The number of nitrogens with two attached hydrogens (primary N) is 1. The summed E-state index contributed by atoms with van der Waals surface area (Å²) >= 11 is 0. The molecule has 0 aliphatic carbocycles. The van der Waals surface area contributed by atoms with Crippen molar-refractivity contribution < 1.29 is 4.79 Å². The van der Waals surface area contributed by atoms with E-state index in [1.807, 2.05) is 0 Å². The lowest BCUT2D eigenvalue weighted by Crippen LogP contribution is -2.37. The van der Waals surface area contributed by atoms with Gasteiger partial charge in [0, 0.05) is 0 Å². The summed E-state index contributed by atoms with van der Waals surface area (Å²) in [7, 11) is 0. The van der Waals surface area contributed by atoms with Gasteiger partial charge in [0.1, 0.15) is 0 Å². The normalized spacial score (nSPS) is 27.5. The van der Waals surface area contributed by atoms with Crippen LogP contribution in [0.5, 0.6) is 0 Å². The van der Waals surface area contributed by atoms with Gasteiger partial charge in [-0.2, -0.15) is 5.11 Å². The van der Waals surface area contributed by atoms with Crippen LogP contribution in [0.4, 0.5) is 4.79 Å². The summed E-state index contributed by atoms with van der Waals surface area (Å²) in [6.07, 6.45) is -0.289. The fraction of sp³-hybridized carbons (Fsp3) is 0.667. The number of carbonyl (C=O) groups excluding carboxylic acids is 1. The van der Waals surface area contributed by atoms with Crippen LogP contribution in [0.25, 0.3) is 0 Å².